The summed E-state index contributed by atoms with van der Waals surface area (Å²) >= 11 is 0. The molecule has 0 spiro atoms. The number of hydrogen-bond donors (Lipinski definition) is 2. The molecule has 1 aliphatic heterocycles. The van der Waals surface area contributed by atoms with Gasteiger partial charge in [0.25, 0.3) is 6.29 Å². The van der Waals surface area contributed by atoms with E-state index in [1.54, 1.807) is 0 Å². The molecule has 1 rings (SSSR count). The molecule has 5 atom stereocenters. The SMILES string of the molecule is C#CCCC(=O)N[C@@]1(O)C(OC(C)=O)O[C@H](COC(C)=O)[C@@H](OC(C)=O)[C@@H]1OC(C)=O. The lowest BCUT2D eigenvalue weighted by molar-refractivity contribution is -0.340. The van der Waals surface area contributed by atoms with Crippen molar-refractivity contribution in [2.24, 2.45) is 0 Å². The number of aliphatic hydroxyl groups is 1. The number of rotatable bonds is 8. The Balaban J connectivity index is 3.46. The molecule has 1 saturated heterocycles. The summed E-state index contributed by atoms with van der Waals surface area (Å²) in [5.41, 5.74) is -2.67. The summed E-state index contributed by atoms with van der Waals surface area (Å²) in [6, 6.07) is 0. The summed E-state index contributed by atoms with van der Waals surface area (Å²) in [4.78, 5) is 58.5. The van der Waals surface area contributed by atoms with Gasteiger partial charge in [0.2, 0.25) is 11.6 Å². The molecule has 0 aliphatic carbocycles. The van der Waals surface area contributed by atoms with E-state index in [0.29, 0.717) is 0 Å². The average molecular weight is 443 g/mol. The second-order valence-electron chi connectivity index (χ2n) is 6.60. The predicted molar refractivity (Wildman–Crippen MR) is 99.3 cm³/mol. The van der Waals surface area contributed by atoms with Crippen molar-refractivity contribution in [1.29, 1.82) is 0 Å². The van der Waals surface area contributed by atoms with Gasteiger partial charge in [-0.2, -0.15) is 0 Å². The lowest BCUT2D eigenvalue weighted by Gasteiger charge is -2.49. The molecule has 1 heterocycles. The fourth-order valence-electron chi connectivity index (χ4n) is 2.79. The maximum atomic E-state index is 12.3. The van der Waals surface area contributed by atoms with E-state index < -0.39 is 66.7 Å². The standard InChI is InChI=1S/C19H25NO11/c1-6-7-8-15(25)20-19(26)17(29-12(4)23)16(28-11(3)22)14(9-27-10(2)21)31-18(19)30-13(5)24/h1,14,16-18,26H,7-9H2,2-5H3,(H,20,25)/t14-,16-,17+,18?,19+/m1/s1. The van der Waals surface area contributed by atoms with Crippen LogP contribution in [-0.4, -0.2) is 71.8 Å². The maximum absolute atomic E-state index is 12.3. The van der Waals surface area contributed by atoms with E-state index in [0.717, 1.165) is 27.7 Å². The van der Waals surface area contributed by atoms with Gasteiger partial charge in [-0.1, -0.05) is 0 Å². The van der Waals surface area contributed by atoms with Gasteiger partial charge >= 0.3 is 23.9 Å². The molecule has 12 heteroatoms. The van der Waals surface area contributed by atoms with E-state index >= 15 is 0 Å². The van der Waals surface area contributed by atoms with E-state index in [-0.39, 0.29) is 12.8 Å². The van der Waals surface area contributed by atoms with Crippen LogP contribution in [0.5, 0.6) is 0 Å². The molecule has 0 radical (unpaired) electrons. The Hall–Kier alpha value is -3.17. The van der Waals surface area contributed by atoms with Gasteiger partial charge in [0.05, 0.1) is 0 Å². The summed E-state index contributed by atoms with van der Waals surface area (Å²) in [6.45, 7) is 3.64. The van der Waals surface area contributed by atoms with E-state index in [1.807, 2.05) is 0 Å². The van der Waals surface area contributed by atoms with Crippen LogP contribution in [0.3, 0.4) is 0 Å². The molecular formula is C19H25NO11. The molecule has 1 amide bonds. The lowest BCUT2D eigenvalue weighted by atomic mass is 9.92. The minimum absolute atomic E-state index is 0.0156. The molecule has 31 heavy (non-hydrogen) atoms. The Morgan fingerprint density at radius 3 is 2.06 bits per heavy atom. The van der Waals surface area contributed by atoms with Gasteiger partial charge in [-0.15, -0.1) is 12.3 Å². The number of nitrogens with one attached hydrogen (secondary N) is 1. The summed E-state index contributed by atoms with van der Waals surface area (Å²) in [5.74, 6) is -1.95. The zero-order valence-electron chi connectivity index (χ0n) is 17.5. The van der Waals surface area contributed by atoms with E-state index in [1.165, 1.54) is 0 Å². The highest BCUT2D eigenvalue weighted by Crippen LogP contribution is 2.34. The molecule has 1 fully saturated rings. The van der Waals surface area contributed by atoms with Crippen molar-refractivity contribution in [3.63, 3.8) is 0 Å². The molecule has 1 unspecified atom stereocenters. The largest absolute Gasteiger partial charge is 0.463 e. The summed E-state index contributed by atoms with van der Waals surface area (Å²) in [5, 5.41) is 13.4. The number of ether oxygens (including phenoxy) is 5. The first-order valence-electron chi connectivity index (χ1n) is 9.18. The van der Waals surface area contributed by atoms with Crippen molar-refractivity contribution >= 4 is 29.8 Å². The molecule has 1 aliphatic rings. The maximum Gasteiger partial charge on any atom is 0.305 e. The zero-order chi connectivity index (χ0) is 23.8. The first kappa shape index (κ1) is 25.9. The fourth-order valence-corrected chi connectivity index (χ4v) is 2.79. The van der Waals surface area contributed by atoms with Gasteiger partial charge < -0.3 is 34.1 Å². The summed E-state index contributed by atoms with van der Waals surface area (Å²) in [7, 11) is 0. The van der Waals surface area contributed by atoms with Crippen molar-refractivity contribution in [2.45, 2.75) is 70.9 Å². The number of hydrogen-bond acceptors (Lipinski definition) is 11. The van der Waals surface area contributed by atoms with Crippen LogP contribution in [0.2, 0.25) is 0 Å². The van der Waals surface area contributed by atoms with E-state index in [9.17, 15) is 29.1 Å². The first-order valence-corrected chi connectivity index (χ1v) is 9.18. The summed E-state index contributed by atoms with van der Waals surface area (Å²) in [6.07, 6.45) is -1.69. The normalized spacial score (nSPS) is 27.2. The van der Waals surface area contributed by atoms with Gasteiger partial charge in [-0.05, 0) is 0 Å². The van der Waals surface area contributed by atoms with Gasteiger partial charge in [0, 0.05) is 40.5 Å². The van der Waals surface area contributed by atoms with Crippen molar-refractivity contribution in [1.82, 2.24) is 5.32 Å². The number of carbonyl (C=O) groups excluding carboxylic acids is 5. The van der Waals surface area contributed by atoms with Crippen LogP contribution in [0.25, 0.3) is 0 Å². The molecule has 12 nitrogen and oxygen atoms in total. The van der Waals surface area contributed by atoms with Crippen LogP contribution in [0, 0.1) is 12.3 Å². The second kappa shape index (κ2) is 11.3. The van der Waals surface area contributed by atoms with Crippen LogP contribution in [-0.2, 0) is 47.7 Å². The van der Waals surface area contributed by atoms with E-state index in [2.05, 4.69) is 11.2 Å². The van der Waals surface area contributed by atoms with E-state index in [4.69, 9.17) is 30.1 Å². The molecular weight excluding hydrogens is 418 g/mol. The molecule has 0 aromatic rings. The highest BCUT2D eigenvalue weighted by molar-refractivity contribution is 5.77. The van der Waals surface area contributed by atoms with Gasteiger partial charge in [-0.25, -0.2) is 0 Å². The Kier molecular flexibility index (Phi) is 9.41. The number of esters is 4. The molecule has 0 aromatic heterocycles. The van der Waals surface area contributed by atoms with Crippen LogP contribution in [0.4, 0.5) is 0 Å². The Morgan fingerprint density at radius 1 is 1.00 bits per heavy atom. The van der Waals surface area contributed by atoms with Crippen molar-refractivity contribution in [3.05, 3.63) is 0 Å². The van der Waals surface area contributed by atoms with Crippen LogP contribution >= 0.6 is 0 Å². The molecule has 0 saturated carbocycles. The molecule has 172 valence electrons. The lowest BCUT2D eigenvalue weighted by Crippen LogP contribution is -2.75. The third kappa shape index (κ3) is 7.54. The quantitative estimate of drug-likeness (QED) is 0.203. The van der Waals surface area contributed by atoms with Crippen molar-refractivity contribution in [3.8, 4) is 12.3 Å². The van der Waals surface area contributed by atoms with Crippen LogP contribution < -0.4 is 5.32 Å². The molecule has 0 aromatic carbocycles. The smallest absolute Gasteiger partial charge is 0.305 e. The monoisotopic (exact) mass is 443 g/mol. The average Bonchev–Trinajstić information content (AvgIpc) is 2.63. The highest BCUT2D eigenvalue weighted by atomic mass is 16.7. The molecule has 0 bridgehead atoms. The predicted octanol–water partition coefficient (Wildman–Crippen LogP) is -1.08. The molecule has 2 N–H and O–H groups in total. The van der Waals surface area contributed by atoms with Gasteiger partial charge in [0.15, 0.2) is 12.2 Å². The Morgan fingerprint density at radius 2 is 1.58 bits per heavy atom. The number of terminal acetylenes is 1. The third-order valence-corrected chi connectivity index (χ3v) is 3.91. The van der Waals surface area contributed by atoms with Crippen LogP contribution in [0.15, 0.2) is 0 Å². The second-order valence-corrected chi connectivity index (χ2v) is 6.60. The Bertz CT molecular complexity index is 758. The highest BCUT2D eigenvalue weighted by Gasteiger charge is 2.62. The van der Waals surface area contributed by atoms with Crippen molar-refractivity contribution < 1.29 is 52.8 Å². The number of amides is 1. The topological polar surface area (TPSA) is 164 Å². The zero-order valence-corrected chi connectivity index (χ0v) is 17.5. The van der Waals surface area contributed by atoms with Gasteiger partial charge in [-0.3, -0.25) is 24.0 Å². The van der Waals surface area contributed by atoms with Crippen LogP contribution in [0.1, 0.15) is 40.5 Å². The minimum atomic E-state index is -2.67. The fraction of sp³-hybridized carbons (Fsp3) is 0.632. The first-order chi connectivity index (χ1) is 14.4. The summed E-state index contributed by atoms with van der Waals surface area (Å²) < 4.78 is 25.6. The number of carbonyl (C=O) groups is 5. The third-order valence-electron chi connectivity index (χ3n) is 3.91. The minimum Gasteiger partial charge on any atom is -0.463 e. The Labute approximate surface area is 178 Å². The van der Waals surface area contributed by atoms with Gasteiger partial charge in [0.1, 0.15) is 12.7 Å². The van der Waals surface area contributed by atoms with Crippen molar-refractivity contribution in [2.75, 3.05) is 6.61 Å².